The Morgan fingerprint density at radius 2 is 1.94 bits per heavy atom. The topological polar surface area (TPSA) is 98.6 Å². The minimum Gasteiger partial charge on any atom is -0.488 e. The van der Waals surface area contributed by atoms with Crippen LogP contribution in [0.4, 0.5) is 8.78 Å². The van der Waals surface area contributed by atoms with E-state index in [1.54, 1.807) is 36.4 Å². The van der Waals surface area contributed by atoms with E-state index in [-0.39, 0.29) is 47.5 Å². The highest BCUT2D eigenvalue weighted by molar-refractivity contribution is 5.93. The zero-order chi connectivity index (χ0) is 22.0. The number of fused-ring (bicyclic) bond motifs is 1. The van der Waals surface area contributed by atoms with Gasteiger partial charge in [-0.25, -0.2) is 8.78 Å². The van der Waals surface area contributed by atoms with Gasteiger partial charge in [0, 0.05) is 34.8 Å². The van der Waals surface area contributed by atoms with Crippen LogP contribution >= 0.6 is 0 Å². The smallest absolute Gasteiger partial charge is 0.307 e. The molecule has 0 aliphatic carbocycles. The molecule has 3 N–H and O–H groups in total. The molecule has 0 fully saturated rings. The molecule has 0 spiro atoms. The van der Waals surface area contributed by atoms with Crippen LogP contribution in [0.5, 0.6) is 5.75 Å². The van der Waals surface area contributed by atoms with Crippen molar-refractivity contribution in [2.75, 3.05) is 0 Å². The lowest BCUT2D eigenvalue weighted by molar-refractivity contribution is -0.136. The third-order valence-corrected chi connectivity index (χ3v) is 4.88. The van der Waals surface area contributed by atoms with Crippen molar-refractivity contribution in [2.45, 2.75) is 19.6 Å². The number of benzene rings is 2. The second-order valence-corrected chi connectivity index (χ2v) is 6.85. The molecule has 31 heavy (non-hydrogen) atoms. The SMILES string of the molecule is NCc1nccc(-c2c(F)c(COc3ccccc3CC(=O)O)cc3ccoc23)c1F. The molecule has 0 bridgehead atoms. The van der Waals surface area contributed by atoms with Crippen molar-refractivity contribution in [3.63, 3.8) is 0 Å². The number of rotatable bonds is 7. The largest absolute Gasteiger partial charge is 0.488 e. The fourth-order valence-corrected chi connectivity index (χ4v) is 3.42. The highest BCUT2D eigenvalue weighted by Gasteiger charge is 2.22. The van der Waals surface area contributed by atoms with E-state index in [0.29, 0.717) is 16.7 Å². The van der Waals surface area contributed by atoms with Crippen LogP contribution in [0.25, 0.3) is 22.1 Å². The molecule has 8 heteroatoms. The summed E-state index contributed by atoms with van der Waals surface area (Å²) in [6.07, 6.45) is 2.53. The predicted octanol–water partition coefficient (Wildman–Crippen LogP) is 4.44. The number of hydrogen-bond acceptors (Lipinski definition) is 5. The Kier molecular flexibility index (Phi) is 5.64. The Labute approximate surface area is 175 Å². The monoisotopic (exact) mass is 424 g/mol. The molecule has 6 nitrogen and oxygen atoms in total. The number of para-hydroxylation sites is 1. The number of ether oxygens (including phenoxy) is 1. The standard InChI is InChI=1S/C23H18F2N2O4/c24-21-15(12-31-18-4-2-1-3-13(18)10-19(28)29)9-14-6-8-30-23(14)20(21)16-5-7-27-17(11-26)22(16)25/h1-9H,10-12,26H2,(H,28,29). The first-order chi connectivity index (χ1) is 15.0. The molecule has 158 valence electrons. The molecular formula is C23H18F2N2O4. The first-order valence-corrected chi connectivity index (χ1v) is 9.44. The summed E-state index contributed by atoms with van der Waals surface area (Å²) in [6, 6.07) is 11.2. The molecule has 0 saturated carbocycles. The fraction of sp³-hybridized carbons (Fsp3) is 0.130. The third-order valence-electron chi connectivity index (χ3n) is 4.88. The fourth-order valence-electron chi connectivity index (χ4n) is 3.42. The van der Waals surface area contributed by atoms with Crippen molar-refractivity contribution in [1.82, 2.24) is 4.98 Å². The van der Waals surface area contributed by atoms with Gasteiger partial charge in [-0.05, 0) is 24.3 Å². The number of nitrogens with zero attached hydrogens (tertiary/aromatic N) is 1. The van der Waals surface area contributed by atoms with E-state index in [1.165, 1.54) is 18.5 Å². The third kappa shape index (κ3) is 3.97. The molecule has 2 aromatic carbocycles. The lowest BCUT2D eigenvalue weighted by atomic mass is 9.99. The number of aromatic nitrogens is 1. The summed E-state index contributed by atoms with van der Waals surface area (Å²) < 4.78 is 41.6. The summed E-state index contributed by atoms with van der Waals surface area (Å²) in [6.45, 7) is -0.321. The highest BCUT2D eigenvalue weighted by atomic mass is 19.1. The normalized spacial score (nSPS) is 11.1. The van der Waals surface area contributed by atoms with Crippen molar-refractivity contribution in [1.29, 1.82) is 0 Å². The van der Waals surface area contributed by atoms with Gasteiger partial charge < -0.3 is 20.0 Å². The van der Waals surface area contributed by atoms with Crippen LogP contribution in [-0.2, 0) is 24.4 Å². The van der Waals surface area contributed by atoms with E-state index in [1.807, 2.05) is 0 Å². The number of hydrogen-bond donors (Lipinski definition) is 2. The number of carboxylic acid groups (broad SMARTS) is 1. The van der Waals surface area contributed by atoms with Crippen LogP contribution in [0.2, 0.25) is 0 Å². The maximum atomic E-state index is 15.5. The average molecular weight is 424 g/mol. The van der Waals surface area contributed by atoms with Crippen molar-refractivity contribution in [2.24, 2.45) is 5.73 Å². The first kappa shape index (κ1) is 20.5. The van der Waals surface area contributed by atoms with Gasteiger partial charge in [0.2, 0.25) is 0 Å². The number of carbonyl (C=O) groups is 1. The molecule has 0 amide bonds. The van der Waals surface area contributed by atoms with Gasteiger partial charge in [0.15, 0.2) is 5.82 Å². The maximum absolute atomic E-state index is 15.5. The average Bonchev–Trinajstić information content (AvgIpc) is 3.21. The van der Waals surface area contributed by atoms with Gasteiger partial charge in [0.1, 0.15) is 23.8 Å². The number of halogens is 2. The van der Waals surface area contributed by atoms with E-state index in [4.69, 9.17) is 20.0 Å². The number of furan rings is 1. The molecule has 0 aliphatic heterocycles. The molecule has 4 aromatic rings. The molecular weight excluding hydrogens is 406 g/mol. The highest BCUT2D eigenvalue weighted by Crippen LogP contribution is 2.36. The zero-order valence-electron chi connectivity index (χ0n) is 16.3. The van der Waals surface area contributed by atoms with E-state index < -0.39 is 17.6 Å². The van der Waals surface area contributed by atoms with Gasteiger partial charge in [0.05, 0.1) is 23.9 Å². The minimum absolute atomic E-state index is 0.0129. The van der Waals surface area contributed by atoms with Gasteiger partial charge >= 0.3 is 5.97 Å². The van der Waals surface area contributed by atoms with Crippen molar-refractivity contribution in [3.05, 3.63) is 83.4 Å². The van der Waals surface area contributed by atoms with Crippen molar-refractivity contribution < 1.29 is 27.8 Å². The van der Waals surface area contributed by atoms with Gasteiger partial charge in [-0.15, -0.1) is 0 Å². The minimum atomic E-state index is -1.01. The van der Waals surface area contributed by atoms with E-state index in [9.17, 15) is 9.18 Å². The molecule has 0 unspecified atom stereocenters. The van der Waals surface area contributed by atoms with Crippen LogP contribution in [0.1, 0.15) is 16.8 Å². The first-order valence-electron chi connectivity index (χ1n) is 9.44. The summed E-state index contributed by atoms with van der Waals surface area (Å²) in [5, 5.41) is 9.64. The molecule has 0 atom stereocenters. The Balaban J connectivity index is 1.76. The van der Waals surface area contributed by atoms with Crippen LogP contribution in [-0.4, -0.2) is 16.1 Å². The summed E-state index contributed by atoms with van der Waals surface area (Å²) >= 11 is 0. The summed E-state index contributed by atoms with van der Waals surface area (Å²) in [5.41, 5.74) is 6.32. The second-order valence-electron chi connectivity index (χ2n) is 6.85. The van der Waals surface area contributed by atoms with E-state index in [2.05, 4.69) is 4.98 Å². The Morgan fingerprint density at radius 3 is 2.71 bits per heavy atom. The Morgan fingerprint density at radius 1 is 1.13 bits per heavy atom. The van der Waals surface area contributed by atoms with E-state index >= 15 is 4.39 Å². The predicted molar refractivity (Wildman–Crippen MR) is 109 cm³/mol. The van der Waals surface area contributed by atoms with E-state index in [0.717, 1.165) is 0 Å². The number of nitrogens with two attached hydrogens (primary N) is 1. The van der Waals surface area contributed by atoms with Crippen molar-refractivity contribution >= 4 is 16.9 Å². The zero-order valence-corrected chi connectivity index (χ0v) is 16.3. The van der Waals surface area contributed by atoms with Crippen LogP contribution in [0, 0.1) is 11.6 Å². The quantitative estimate of drug-likeness (QED) is 0.455. The van der Waals surface area contributed by atoms with Crippen LogP contribution < -0.4 is 10.5 Å². The Hall–Kier alpha value is -3.78. The molecule has 4 rings (SSSR count). The molecule has 0 radical (unpaired) electrons. The summed E-state index contributed by atoms with van der Waals surface area (Å²) in [7, 11) is 0. The van der Waals surface area contributed by atoms with Crippen LogP contribution in [0.15, 0.2) is 59.3 Å². The van der Waals surface area contributed by atoms with Gasteiger partial charge in [-0.2, -0.15) is 0 Å². The number of pyridine rings is 1. The summed E-state index contributed by atoms with van der Waals surface area (Å²) in [4.78, 5) is 15.0. The number of aliphatic carboxylic acids is 1. The lowest BCUT2D eigenvalue weighted by Crippen LogP contribution is -2.07. The summed E-state index contributed by atoms with van der Waals surface area (Å²) in [5.74, 6) is -2.09. The molecule has 0 aliphatic rings. The molecule has 0 saturated heterocycles. The van der Waals surface area contributed by atoms with Gasteiger partial charge in [0.25, 0.3) is 0 Å². The van der Waals surface area contributed by atoms with Crippen molar-refractivity contribution in [3.8, 4) is 16.9 Å². The molecule has 2 aromatic heterocycles. The van der Waals surface area contributed by atoms with Crippen LogP contribution in [0.3, 0.4) is 0 Å². The molecule has 2 heterocycles. The Bertz CT molecular complexity index is 1270. The van der Waals surface area contributed by atoms with Gasteiger partial charge in [-0.1, -0.05) is 18.2 Å². The number of carboxylic acids is 1. The van der Waals surface area contributed by atoms with Gasteiger partial charge in [-0.3, -0.25) is 9.78 Å². The maximum Gasteiger partial charge on any atom is 0.307 e. The lowest BCUT2D eigenvalue weighted by Gasteiger charge is -2.14. The second kappa shape index (κ2) is 8.53.